The quantitative estimate of drug-likeness (QED) is 0.799. The maximum atomic E-state index is 10.7. The molecule has 1 fully saturated rings. The molecule has 2 heterocycles. The molecule has 5 rings (SSSR count). The van der Waals surface area contributed by atoms with E-state index in [9.17, 15) is 7.85 Å². The first-order valence-corrected chi connectivity index (χ1v) is 7.57. The predicted molar refractivity (Wildman–Crippen MR) is 82.5 cm³/mol. The molecule has 0 radical (unpaired) electrons. The van der Waals surface area contributed by atoms with E-state index in [4.69, 9.17) is 13.6 Å². The summed E-state index contributed by atoms with van der Waals surface area (Å²) in [5, 5.41) is 10.7. The van der Waals surface area contributed by atoms with Crippen molar-refractivity contribution >= 4 is 0 Å². The summed E-state index contributed by atoms with van der Waals surface area (Å²) in [6, 6.07) is -1.66. The fourth-order valence-electron chi connectivity index (χ4n) is 4.44. The normalized spacial score (nSPS) is 54.3. The predicted octanol–water partition coefficient (Wildman–Crippen LogP) is 1.50. The van der Waals surface area contributed by atoms with Crippen LogP contribution in [0.3, 0.4) is 0 Å². The van der Waals surface area contributed by atoms with Gasteiger partial charge in [-0.05, 0) is 38.0 Å². The standard InChI is InChI=1S/C18H21NO3/c1-19-8-7-18-11-4-5-13(20)17(18)22-16-14(21-2)6-3-10(15(16)18)9-12(11)19/h3-6,11-13,17,20H,7-9H2,1-2H3/t11-,12+,13?,17?,18-/m0/s1/i3D,6D,11D,12D,17D. The van der Waals surface area contributed by atoms with E-state index in [0.29, 0.717) is 24.1 Å². The third kappa shape index (κ3) is 1.28. The van der Waals surface area contributed by atoms with Crippen LogP contribution in [0.2, 0.25) is 0 Å². The van der Waals surface area contributed by atoms with E-state index in [1.165, 1.54) is 13.2 Å². The molecule has 116 valence electrons. The van der Waals surface area contributed by atoms with E-state index >= 15 is 0 Å². The van der Waals surface area contributed by atoms with Gasteiger partial charge in [0.05, 0.1) is 11.2 Å². The molecule has 2 aliphatic carbocycles. The summed E-state index contributed by atoms with van der Waals surface area (Å²) in [6.45, 7) is 0.464. The van der Waals surface area contributed by atoms with Crippen LogP contribution >= 0.6 is 0 Å². The molecule has 0 aromatic heterocycles. The SMILES string of the molecule is [2H]c1c([2H])c(OC)c2c3c1C[C@@]1([2H])N(C)CC[C@@]34C([2H])(O2)C(O)C=C[C@@]14[2H]. The van der Waals surface area contributed by atoms with Crippen LogP contribution in [-0.2, 0) is 11.8 Å². The summed E-state index contributed by atoms with van der Waals surface area (Å²) in [7, 11) is 3.15. The number of hydrogen-bond donors (Lipinski definition) is 1. The number of hydrogen-bond acceptors (Lipinski definition) is 4. The van der Waals surface area contributed by atoms with E-state index in [1.807, 2.05) is 0 Å². The third-order valence-electron chi connectivity index (χ3n) is 5.44. The Kier molecular flexibility index (Phi) is 1.65. The van der Waals surface area contributed by atoms with Gasteiger partial charge in [0.25, 0.3) is 0 Å². The molecule has 1 aromatic rings. The summed E-state index contributed by atoms with van der Waals surface area (Å²) in [5.74, 6) is -1.32. The molecule has 5 atom stereocenters. The Morgan fingerprint density at radius 2 is 2.36 bits per heavy atom. The van der Waals surface area contributed by atoms with Gasteiger partial charge < -0.3 is 19.5 Å². The number of aliphatic hydroxyl groups excluding tert-OH is 1. The number of likely N-dealkylation sites (N-methyl/N-ethyl adjacent to an activating group) is 1. The zero-order valence-corrected chi connectivity index (χ0v) is 12.6. The second-order valence-corrected chi connectivity index (χ2v) is 6.35. The average Bonchev–Trinajstić information content (AvgIpc) is 2.89. The Labute approximate surface area is 137 Å². The Hall–Kier alpha value is -1.52. The molecule has 4 nitrogen and oxygen atoms in total. The van der Waals surface area contributed by atoms with Gasteiger partial charge in [-0.2, -0.15) is 0 Å². The van der Waals surface area contributed by atoms with Gasteiger partial charge in [-0.3, -0.25) is 0 Å². The molecule has 22 heavy (non-hydrogen) atoms. The van der Waals surface area contributed by atoms with Crippen LogP contribution in [0.4, 0.5) is 0 Å². The number of rotatable bonds is 1. The van der Waals surface area contributed by atoms with Gasteiger partial charge in [0, 0.05) is 25.6 Å². The third-order valence-corrected chi connectivity index (χ3v) is 5.44. The summed E-state index contributed by atoms with van der Waals surface area (Å²) in [6.07, 6.45) is 0.119. The van der Waals surface area contributed by atoms with Crippen molar-refractivity contribution in [2.45, 2.75) is 36.5 Å². The largest absolute Gasteiger partial charge is 0.493 e. The molecule has 2 aliphatic heterocycles. The number of ether oxygens (including phenoxy) is 2. The summed E-state index contributed by atoms with van der Waals surface area (Å²) in [4.78, 5) is 1.78. The fraction of sp³-hybridized carbons (Fsp3) is 0.556. The molecule has 1 N–H and O–H groups in total. The van der Waals surface area contributed by atoms with Gasteiger partial charge in [0.1, 0.15) is 12.2 Å². The highest BCUT2D eigenvalue weighted by Gasteiger charge is 2.64. The van der Waals surface area contributed by atoms with Crippen LogP contribution in [-0.4, -0.2) is 48.9 Å². The molecular formula is C18H21NO3. The highest BCUT2D eigenvalue weighted by atomic mass is 16.5. The molecule has 4 aliphatic rings. The maximum absolute atomic E-state index is 10.7. The molecule has 1 saturated heterocycles. The first-order valence-electron chi connectivity index (χ1n) is 10.1. The Bertz CT molecular complexity index is 925. The monoisotopic (exact) mass is 304 g/mol. The van der Waals surface area contributed by atoms with Crippen molar-refractivity contribution in [3.8, 4) is 11.5 Å². The first kappa shape index (κ1) is 8.94. The minimum Gasteiger partial charge on any atom is -0.493 e. The molecule has 1 spiro atoms. The lowest BCUT2D eigenvalue weighted by atomic mass is 9.53. The number of methoxy groups -OCH3 is 1. The Morgan fingerprint density at radius 3 is 3.18 bits per heavy atom. The van der Waals surface area contributed by atoms with E-state index in [2.05, 4.69) is 0 Å². The number of likely N-dealkylation sites (tertiary alicyclic amines) is 1. The number of nitrogens with zero attached hydrogens (tertiary/aromatic N) is 1. The van der Waals surface area contributed by atoms with Gasteiger partial charge in [-0.15, -0.1) is 0 Å². The topological polar surface area (TPSA) is 41.9 Å². The second kappa shape index (κ2) is 4.06. The van der Waals surface area contributed by atoms with Gasteiger partial charge in [0.15, 0.2) is 11.5 Å². The number of piperidine rings is 1. The number of benzene rings is 1. The average molecular weight is 304 g/mol. The van der Waals surface area contributed by atoms with Crippen LogP contribution in [0.5, 0.6) is 11.5 Å². The van der Waals surface area contributed by atoms with Crippen LogP contribution in [0.25, 0.3) is 0 Å². The van der Waals surface area contributed by atoms with Crippen molar-refractivity contribution in [1.29, 1.82) is 0 Å². The Morgan fingerprint density at radius 1 is 1.50 bits per heavy atom. The second-order valence-electron chi connectivity index (χ2n) is 6.35. The van der Waals surface area contributed by atoms with Gasteiger partial charge in [-0.25, -0.2) is 0 Å². The van der Waals surface area contributed by atoms with Gasteiger partial charge in [0.2, 0.25) is 0 Å². The lowest BCUT2D eigenvalue weighted by Crippen LogP contribution is -2.64. The van der Waals surface area contributed by atoms with E-state index in [-0.39, 0.29) is 30.0 Å². The van der Waals surface area contributed by atoms with Crippen molar-refractivity contribution in [2.24, 2.45) is 5.89 Å². The number of aliphatic hydroxyl groups is 1. The maximum Gasteiger partial charge on any atom is 0.165 e. The van der Waals surface area contributed by atoms with Crippen molar-refractivity contribution in [3.63, 3.8) is 0 Å². The van der Waals surface area contributed by atoms with Gasteiger partial charge in [-0.1, -0.05) is 18.2 Å². The van der Waals surface area contributed by atoms with E-state index in [0.717, 1.165) is 0 Å². The molecular weight excluding hydrogens is 278 g/mol. The molecule has 2 bridgehead atoms. The van der Waals surface area contributed by atoms with Crippen molar-refractivity contribution < 1.29 is 21.4 Å². The minimum absolute atomic E-state index is 0.0557. The highest BCUT2D eigenvalue weighted by molar-refractivity contribution is 5.62. The summed E-state index contributed by atoms with van der Waals surface area (Å²) < 4.78 is 55.9. The van der Waals surface area contributed by atoms with E-state index in [1.54, 1.807) is 18.0 Å². The zero-order valence-electron chi connectivity index (χ0n) is 17.6. The molecule has 2 unspecified atom stereocenters. The van der Waals surface area contributed by atoms with E-state index < -0.39 is 29.5 Å². The van der Waals surface area contributed by atoms with Crippen LogP contribution in [0.15, 0.2) is 24.2 Å². The van der Waals surface area contributed by atoms with Crippen LogP contribution < -0.4 is 9.47 Å². The zero-order chi connectivity index (χ0) is 19.6. The van der Waals surface area contributed by atoms with Crippen molar-refractivity contribution in [3.05, 3.63) is 35.4 Å². The summed E-state index contributed by atoms with van der Waals surface area (Å²) >= 11 is 0. The Balaban J connectivity index is 1.99. The van der Waals surface area contributed by atoms with Crippen LogP contribution in [0, 0.1) is 5.89 Å². The van der Waals surface area contributed by atoms with Crippen LogP contribution in [0.1, 0.15) is 24.4 Å². The fourth-order valence-corrected chi connectivity index (χ4v) is 4.44. The van der Waals surface area contributed by atoms with Gasteiger partial charge >= 0.3 is 0 Å². The molecule has 1 aromatic carbocycles. The molecule has 0 saturated carbocycles. The summed E-state index contributed by atoms with van der Waals surface area (Å²) in [5.41, 5.74) is -0.358. The first-order chi connectivity index (χ1) is 12.6. The minimum atomic E-state index is -1.91. The smallest absolute Gasteiger partial charge is 0.165 e. The van der Waals surface area contributed by atoms with Crippen molar-refractivity contribution in [2.75, 3.05) is 20.7 Å². The molecule has 4 heteroatoms. The lowest BCUT2D eigenvalue weighted by molar-refractivity contribution is -0.0453. The van der Waals surface area contributed by atoms with Crippen molar-refractivity contribution in [1.82, 2.24) is 4.90 Å². The highest BCUT2D eigenvalue weighted by Crippen LogP contribution is 2.62. The molecule has 0 amide bonds. The lowest BCUT2D eigenvalue weighted by Gasteiger charge is -2.56.